The Morgan fingerprint density at radius 3 is 2.95 bits per heavy atom. The zero-order valence-electron chi connectivity index (χ0n) is 11.1. The fraction of sp³-hybridized carbons (Fsp3) is 0.692. The molecule has 3 heterocycles. The van der Waals surface area contributed by atoms with Crippen molar-refractivity contribution in [3.8, 4) is 0 Å². The van der Waals surface area contributed by atoms with E-state index in [1.807, 2.05) is 12.4 Å². The summed E-state index contributed by atoms with van der Waals surface area (Å²) in [6, 6.07) is 0. The molecule has 1 fully saturated rings. The summed E-state index contributed by atoms with van der Waals surface area (Å²) in [6.45, 7) is -0.173. The van der Waals surface area contributed by atoms with Crippen LogP contribution in [0.3, 0.4) is 0 Å². The molecule has 0 aromatic carbocycles. The molecule has 0 amide bonds. The van der Waals surface area contributed by atoms with Crippen molar-refractivity contribution in [2.75, 3.05) is 6.61 Å². The monoisotopic (exact) mass is 298 g/mol. The Hall–Kier alpha value is -0.650. The fourth-order valence-electron chi connectivity index (χ4n) is 2.95. The van der Waals surface area contributed by atoms with Crippen LogP contribution in [0.2, 0.25) is 0 Å². The fourth-order valence-corrected chi connectivity index (χ4v) is 3.22. The number of nitrogens with zero attached hydrogens (tertiary/aromatic N) is 2. The quantitative estimate of drug-likeness (QED) is 0.741. The van der Waals surface area contributed by atoms with E-state index in [-0.39, 0.29) is 24.7 Å². The maximum atomic E-state index is 9.86. The summed E-state index contributed by atoms with van der Waals surface area (Å²) in [5.74, 6) is -0.0757. The summed E-state index contributed by atoms with van der Waals surface area (Å²) in [5, 5.41) is 19.0. The van der Waals surface area contributed by atoms with Crippen molar-refractivity contribution in [1.29, 1.82) is 0 Å². The molecule has 3 aliphatic rings. The first-order valence-electron chi connectivity index (χ1n) is 6.85. The van der Waals surface area contributed by atoms with Crippen LogP contribution in [-0.2, 0) is 9.26 Å². The van der Waals surface area contributed by atoms with Crippen LogP contribution >= 0.6 is 9.47 Å². The molecular formula is C13H19N2O4P. The van der Waals surface area contributed by atoms with E-state index in [4.69, 9.17) is 9.26 Å². The third-order valence-corrected chi connectivity index (χ3v) is 4.37. The van der Waals surface area contributed by atoms with E-state index < -0.39 is 12.2 Å². The molecule has 2 unspecified atom stereocenters. The zero-order chi connectivity index (χ0) is 14.1. The van der Waals surface area contributed by atoms with Gasteiger partial charge in [-0.1, -0.05) is 0 Å². The first kappa shape index (κ1) is 14.3. The standard InChI is InChI=1S/C13H19N2O4P/c16-6-11-8(17)4-10(18-11)7-5-15-13-9(19-20)2-1-3-14-12(7)13/h3,5,7-11,16-17H,1-2,4,6,20H2/t7?,8-,9+,10+,11+/m0/s1. The van der Waals surface area contributed by atoms with Gasteiger partial charge in [0.05, 0.1) is 36.1 Å². The number of rotatable bonds is 3. The van der Waals surface area contributed by atoms with Crippen LogP contribution in [0, 0.1) is 5.92 Å². The summed E-state index contributed by atoms with van der Waals surface area (Å²) in [4.78, 5) is 8.95. The number of aliphatic imine (C=N–C) groups is 2. The molecule has 0 bridgehead atoms. The minimum Gasteiger partial charge on any atom is -0.394 e. The molecule has 0 spiro atoms. The third-order valence-electron chi connectivity index (χ3n) is 4.04. The van der Waals surface area contributed by atoms with Crippen LogP contribution in [0.1, 0.15) is 19.3 Å². The second-order valence-corrected chi connectivity index (χ2v) is 5.56. The van der Waals surface area contributed by atoms with Crippen molar-refractivity contribution < 1.29 is 19.5 Å². The lowest BCUT2D eigenvalue weighted by Gasteiger charge is -2.18. The van der Waals surface area contributed by atoms with Crippen molar-refractivity contribution in [1.82, 2.24) is 0 Å². The van der Waals surface area contributed by atoms with Crippen LogP contribution < -0.4 is 0 Å². The van der Waals surface area contributed by atoms with Gasteiger partial charge in [0.2, 0.25) is 0 Å². The van der Waals surface area contributed by atoms with Gasteiger partial charge < -0.3 is 19.5 Å². The van der Waals surface area contributed by atoms with Gasteiger partial charge in [0.25, 0.3) is 0 Å². The van der Waals surface area contributed by atoms with Crippen molar-refractivity contribution >= 4 is 21.9 Å². The summed E-state index contributed by atoms with van der Waals surface area (Å²) in [5.41, 5.74) is 1.72. The molecule has 6 atom stereocenters. The molecule has 0 aromatic heterocycles. The topological polar surface area (TPSA) is 83.6 Å². The highest BCUT2D eigenvalue weighted by molar-refractivity contribution is 7.09. The Morgan fingerprint density at radius 2 is 2.25 bits per heavy atom. The largest absolute Gasteiger partial charge is 0.394 e. The molecular weight excluding hydrogens is 279 g/mol. The number of hydrogen-bond donors (Lipinski definition) is 2. The van der Waals surface area contributed by atoms with Gasteiger partial charge in [-0.15, -0.1) is 0 Å². The Morgan fingerprint density at radius 1 is 1.40 bits per heavy atom. The second kappa shape index (κ2) is 6.00. The molecule has 6 nitrogen and oxygen atoms in total. The molecule has 3 aliphatic heterocycles. The third kappa shape index (κ3) is 2.47. The van der Waals surface area contributed by atoms with E-state index in [0.717, 1.165) is 24.2 Å². The van der Waals surface area contributed by atoms with Crippen LogP contribution in [-0.4, -0.2) is 53.7 Å². The van der Waals surface area contributed by atoms with Crippen LogP contribution in [0.5, 0.6) is 0 Å². The molecule has 2 N–H and O–H groups in total. The molecule has 0 radical (unpaired) electrons. The van der Waals surface area contributed by atoms with Crippen molar-refractivity contribution in [2.24, 2.45) is 15.9 Å². The lowest BCUT2D eigenvalue weighted by atomic mass is 9.96. The van der Waals surface area contributed by atoms with Crippen LogP contribution in [0.15, 0.2) is 21.4 Å². The summed E-state index contributed by atoms with van der Waals surface area (Å²) >= 11 is 0. The number of hydrogen-bond acceptors (Lipinski definition) is 6. The molecule has 3 rings (SSSR count). The zero-order valence-corrected chi connectivity index (χ0v) is 12.2. The van der Waals surface area contributed by atoms with Gasteiger partial charge in [0.1, 0.15) is 12.2 Å². The van der Waals surface area contributed by atoms with Crippen molar-refractivity contribution in [3.05, 3.63) is 11.4 Å². The average molecular weight is 298 g/mol. The van der Waals surface area contributed by atoms with E-state index in [2.05, 4.69) is 19.5 Å². The van der Waals surface area contributed by atoms with Gasteiger partial charge in [0, 0.05) is 28.3 Å². The van der Waals surface area contributed by atoms with Crippen LogP contribution in [0.4, 0.5) is 0 Å². The number of ether oxygens (including phenoxy) is 1. The smallest absolute Gasteiger partial charge is 0.107 e. The first-order valence-corrected chi connectivity index (χ1v) is 7.32. The van der Waals surface area contributed by atoms with Gasteiger partial charge in [-0.2, -0.15) is 0 Å². The van der Waals surface area contributed by atoms with Crippen LogP contribution in [0.25, 0.3) is 0 Å². The number of aliphatic hydroxyl groups is 2. The molecule has 110 valence electrons. The number of aliphatic hydroxyl groups excluding tert-OH is 2. The minimum atomic E-state index is -0.633. The SMILES string of the molecule is OC[C@H]1O[C@@H](C2C=NC3=C2N=CCC[C@H]3OP)C[C@@H]1O. The Kier molecular flexibility index (Phi) is 4.29. The first-order chi connectivity index (χ1) is 9.74. The predicted octanol–water partition coefficient (Wildman–Crippen LogP) is 0.449. The molecule has 0 aromatic rings. The van der Waals surface area contributed by atoms with Gasteiger partial charge >= 0.3 is 0 Å². The summed E-state index contributed by atoms with van der Waals surface area (Å²) in [7, 11) is 2.29. The van der Waals surface area contributed by atoms with Gasteiger partial charge in [-0.25, -0.2) is 0 Å². The highest BCUT2D eigenvalue weighted by Gasteiger charge is 2.41. The molecule has 20 heavy (non-hydrogen) atoms. The van der Waals surface area contributed by atoms with E-state index in [9.17, 15) is 10.2 Å². The summed E-state index contributed by atoms with van der Waals surface area (Å²) < 4.78 is 11.1. The Balaban J connectivity index is 1.82. The van der Waals surface area contributed by atoms with Crippen molar-refractivity contribution in [3.63, 3.8) is 0 Å². The molecule has 0 aliphatic carbocycles. The van der Waals surface area contributed by atoms with E-state index >= 15 is 0 Å². The lowest BCUT2D eigenvalue weighted by molar-refractivity contribution is -0.0266. The minimum absolute atomic E-state index is 0.0706. The van der Waals surface area contributed by atoms with Crippen molar-refractivity contribution in [2.45, 2.75) is 43.7 Å². The maximum Gasteiger partial charge on any atom is 0.107 e. The normalized spacial score (nSPS) is 40.2. The maximum absolute atomic E-state index is 9.86. The molecule has 7 heteroatoms. The molecule has 0 saturated carbocycles. The lowest BCUT2D eigenvalue weighted by Crippen LogP contribution is -2.25. The van der Waals surface area contributed by atoms with Gasteiger partial charge in [-0.3, -0.25) is 9.98 Å². The highest BCUT2D eigenvalue weighted by atomic mass is 31.0. The van der Waals surface area contributed by atoms with E-state index in [1.54, 1.807) is 0 Å². The Bertz CT molecular complexity index is 465. The molecule has 1 saturated heterocycles. The summed E-state index contributed by atoms with van der Waals surface area (Å²) in [6.07, 6.45) is 4.48. The predicted molar refractivity (Wildman–Crippen MR) is 77.7 cm³/mol. The average Bonchev–Trinajstić information content (AvgIpc) is 2.96. The van der Waals surface area contributed by atoms with E-state index in [0.29, 0.717) is 6.42 Å². The second-order valence-electron chi connectivity index (χ2n) is 5.29. The highest BCUT2D eigenvalue weighted by Crippen LogP contribution is 2.37. The van der Waals surface area contributed by atoms with Gasteiger partial charge in [-0.05, 0) is 12.8 Å². The van der Waals surface area contributed by atoms with Gasteiger partial charge in [0.15, 0.2) is 0 Å². The Labute approximate surface area is 119 Å². The van der Waals surface area contributed by atoms with E-state index in [1.165, 1.54) is 0 Å².